The first kappa shape index (κ1) is 15.0. The fourth-order valence-electron chi connectivity index (χ4n) is 2.20. The van der Waals surface area contributed by atoms with Crippen molar-refractivity contribution in [3.63, 3.8) is 0 Å². The monoisotopic (exact) mass is 290 g/mol. The van der Waals surface area contributed by atoms with Crippen molar-refractivity contribution in [2.45, 2.75) is 13.8 Å². The molecule has 0 bridgehead atoms. The molecule has 0 aromatic heterocycles. The van der Waals surface area contributed by atoms with Crippen LogP contribution in [0.4, 0.5) is 20.2 Å². The third-order valence-electron chi connectivity index (χ3n) is 3.34. The first-order valence-corrected chi connectivity index (χ1v) is 6.41. The molecule has 0 unspecified atom stereocenters. The number of nitrogen functional groups attached to an aromatic ring is 1. The number of aryl methyl sites for hydroxylation is 2. The summed E-state index contributed by atoms with van der Waals surface area (Å²) in [6, 6.07) is 7.22. The molecule has 5 heteroatoms. The van der Waals surface area contributed by atoms with Gasteiger partial charge in [0.1, 0.15) is 11.6 Å². The number of carbonyl (C=O) groups excluding carboxylic acids is 1. The lowest BCUT2D eigenvalue weighted by molar-refractivity contribution is 0.0989. The molecule has 2 rings (SSSR count). The molecule has 0 saturated heterocycles. The Morgan fingerprint density at radius 1 is 1.10 bits per heavy atom. The molecule has 1 amide bonds. The maximum Gasteiger partial charge on any atom is 0.261 e. The fourth-order valence-corrected chi connectivity index (χ4v) is 2.20. The average Bonchev–Trinajstić information content (AvgIpc) is 2.41. The number of benzene rings is 2. The Morgan fingerprint density at radius 3 is 2.38 bits per heavy atom. The number of halogens is 2. The van der Waals surface area contributed by atoms with E-state index in [1.54, 1.807) is 13.1 Å². The van der Waals surface area contributed by atoms with Crippen LogP contribution in [0, 0.1) is 25.5 Å². The van der Waals surface area contributed by atoms with Gasteiger partial charge in [-0.2, -0.15) is 0 Å². The zero-order valence-electron chi connectivity index (χ0n) is 12.1. The van der Waals surface area contributed by atoms with Crippen LogP contribution < -0.4 is 10.6 Å². The topological polar surface area (TPSA) is 46.3 Å². The number of anilines is 2. The summed E-state index contributed by atoms with van der Waals surface area (Å²) in [6.45, 7) is 3.81. The van der Waals surface area contributed by atoms with Crippen LogP contribution in [-0.4, -0.2) is 13.0 Å². The van der Waals surface area contributed by atoms with Crippen molar-refractivity contribution < 1.29 is 13.6 Å². The van der Waals surface area contributed by atoms with Crippen LogP contribution in [0.3, 0.4) is 0 Å². The van der Waals surface area contributed by atoms with E-state index in [0.29, 0.717) is 11.8 Å². The van der Waals surface area contributed by atoms with Crippen molar-refractivity contribution in [1.82, 2.24) is 0 Å². The predicted molar refractivity (Wildman–Crippen MR) is 79.4 cm³/mol. The van der Waals surface area contributed by atoms with E-state index in [2.05, 4.69) is 0 Å². The van der Waals surface area contributed by atoms with Crippen LogP contribution in [-0.2, 0) is 0 Å². The Bertz CT molecular complexity index is 714. The summed E-state index contributed by atoms with van der Waals surface area (Å²) >= 11 is 0. The number of nitrogens with zero attached hydrogens (tertiary/aromatic N) is 1. The van der Waals surface area contributed by atoms with Crippen molar-refractivity contribution >= 4 is 17.3 Å². The van der Waals surface area contributed by atoms with Crippen molar-refractivity contribution in [2.75, 3.05) is 17.7 Å². The quantitative estimate of drug-likeness (QED) is 0.861. The molecule has 2 aromatic rings. The predicted octanol–water partition coefficient (Wildman–Crippen LogP) is 3.44. The summed E-state index contributed by atoms with van der Waals surface area (Å²) in [6.07, 6.45) is 0. The number of hydrogen-bond acceptors (Lipinski definition) is 2. The minimum atomic E-state index is -0.927. The second-order valence-electron chi connectivity index (χ2n) is 5.01. The Morgan fingerprint density at radius 2 is 1.76 bits per heavy atom. The smallest absolute Gasteiger partial charge is 0.261 e. The molecular weight excluding hydrogens is 274 g/mol. The molecule has 3 nitrogen and oxygen atoms in total. The number of carbonyl (C=O) groups is 1. The Hall–Kier alpha value is -2.43. The molecule has 0 aliphatic rings. The second kappa shape index (κ2) is 5.52. The zero-order valence-corrected chi connectivity index (χ0v) is 12.1. The van der Waals surface area contributed by atoms with Crippen LogP contribution in [0.1, 0.15) is 21.5 Å². The molecular formula is C16H16F2N2O. The molecule has 0 aliphatic carbocycles. The third kappa shape index (κ3) is 2.86. The lowest BCUT2D eigenvalue weighted by atomic mass is 10.1. The van der Waals surface area contributed by atoms with Gasteiger partial charge in [0.2, 0.25) is 0 Å². The highest BCUT2D eigenvalue weighted by Crippen LogP contribution is 2.24. The largest absolute Gasteiger partial charge is 0.396 e. The van der Waals surface area contributed by atoms with E-state index in [0.717, 1.165) is 17.2 Å². The van der Waals surface area contributed by atoms with E-state index in [9.17, 15) is 13.6 Å². The van der Waals surface area contributed by atoms with Gasteiger partial charge in [0, 0.05) is 18.8 Å². The normalized spacial score (nSPS) is 10.5. The van der Waals surface area contributed by atoms with Crippen molar-refractivity contribution in [1.29, 1.82) is 0 Å². The van der Waals surface area contributed by atoms with Crippen LogP contribution in [0.5, 0.6) is 0 Å². The first-order chi connectivity index (χ1) is 9.81. The molecule has 0 heterocycles. The standard InChI is InChI=1S/C16H16F2N2O/c1-9-4-5-15(10(2)6-9)20(3)16(21)11-7-14(19)13(18)8-12(11)17/h4-8H,19H2,1-3H3. The molecule has 0 radical (unpaired) electrons. The fraction of sp³-hybridized carbons (Fsp3) is 0.188. The molecule has 0 fully saturated rings. The Kier molecular flexibility index (Phi) is 3.93. The third-order valence-corrected chi connectivity index (χ3v) is 3.34. The lowest BCUT2D eigenvalue weighted by Crippen LogP contribution is -2.28. The van der Waals surface area contributed by atoms with Crippen LogP contribution in [0.15, 0.2) is 30.3 Å². The molecule has 2 N–H and O–H groups in total. The molecule has 0 atom stereocenters. The lowest BCUT2D eigenvalue weighted by Gasteiger charge is -2.20. The number of rotatable bonds is 2. The Labute approximate surface area is 122 Å². The number of nitrogens with two attached hydrogens (primary N) is 1. The molecule has 110 valence electrons. The van der Waals surface area contributed by atoms with Gasteiger partial charge in [0.05, 0.1) is 11.3 Å². The van der Waals surface area contributed by atoms with Crippen LogP contribution in [0.25, 0.3) is 0 Å². The zero-order chi connectivity index (χ0) is 15.7. The van der Waals surface area contributed by atoms with E-state index in [4.69, 9.17) is 5.73 Å². The maximum atomic E-state index is 13.8. The molecule has 0 aliphatic heterocycles. The minimum absolute atomic E-state index is 0.253. The summed E-state index contributed by atoms with van der Waals surface area (Å²) in [5.74, 6) is -2.38. The number of hydrogen-bond donors (Lipinski definition) is 1. The van der Waals surface area contributed by atoms with Crippen molar-refractivity contribution in [3.05, 3.63) is 58.7 Å². The minimum Gasteiger partial charge on any atom is -0.396 e. The molecule has 2 aromatic carbocycles. The van der Waals surface area contributed by atoms with Gasteiger partial charge in [-0.25, -0.2) is 8.78 Å². The van der Waals surface area contributed by atoms with Gasteiger partial charge in [0.25, 0.3) is 5.91 Å². The summed E-state index contributed by atoms with van der Waals surface area (Å²) in [5, 5.41) is 0. The van der Waals surface area contributed by atoms with Gasteiger partial charge in [-0.3, -0.25) is 4.79 Å². The van der Waals surface area contributed by atoms with E-state index in [1.165, 1.54) is 4.90 Å². The van der Waals surface area contributed by atoms with Gasteiger partial charge in [-0.15, -0.1) is 0 Å². The second-order valence-corrected chi connectivity index (χ2v) is 5.01. The van der Waals surface area contributed by atoms with E-state index in [-0.39, 0.29) is 11.3 Å². The van der Waals surface area contributed by atoms with E-state index < -0.39 is 17.5 Å². The molecule has 0 saturated carbocycles. The highest BCUT2D eigenvalue weighted by Gasteiger charge is 2.20. The Balaban J connectivity index is 2.42. The highest BCUT2D eigenvalue weighted by molar-refractivity contribution is 6.06. The van der Waals surface area contributed by atoms with Crippen molar-refractivity contribution in [3.8, 4) is 0 Å². The highest BCUT2D eigenvalue weighted by atomic mass is 19.1. The van der Waals surface area contributed by atoms with Gasteiger partial charge in [-0.05, 0) is 31.5 Å². The van der Waals surface area contributed by atoms with Gasteiger partial charge >= 0.3 is 0 Å². The molecule has 0 spiro atoms. The van der Waals surface area contributed by atoms with E-state index >= 15 is 0 Å². The number of amides is 1. The van der Waals surface area contributed by atoms with Crippen molar-refractivity contribution in [2.24, 2.45) is 0 Å². The summed E-state index contributed by atoms with van der Waals surface area (Å²) < 4.78 is 26.9. The average molecular weight is 290 g/mol. The maximum absolute atomic E-state index is 13.8. The summed E-state index contributed by atoms with van der Waals surface area (Å²) in [5.41, 5.74) is 7.51. The summed E-state index contributed by atoms with van der Waals surface area (Å²) in [7, 11) is 1.54. The van der Waals surface area contributed by atoms with E-state index in [1.807, 2.05) is 26.0 Å². The van der Waals surface area contributed by atoms with Gasteiger partial charge < -0.3 is 10.6 Å². The SMILES string of the molecule is Cc1ccc(N(C)C(=O)c2cc(N)c(F)cc2F)c(C)c1. The molecule has 21 heavy (non-hydrogen) atoms. The van der Waals surface area contributed by atoms with Crippen LogP contribution >= 0.6 is 0 Å². The van der Waals surface area contributed by atoms with Gasteiger partial charge in [0.15, 0.2) is 0 Å². The first-order valence-electron chi connectivity index (χ1n) is 6.41. The van der Waals surface area contributed by atoms with Gasteiger partial charge in [-0.1, -0.05) is 17.7 Å². The summed E-state index contributed by atoms with van der Waals surface area (Å²) in [4.78, 5) is 13.7. The van der Waals surface area contributed by atoms with Crippen LogP contribution in [0.2, 0.25) is 0 Å².